The predicted octanol–water partition coefficient (Wildman–Crippen LogP) is 2.69. The number of hydrogen-bond acceptors (Lipinski definition) is 8. The second kappa shape index (κ2) is 13.4. The molecule has 0 saturated heterocycles. The summed E-state index contributed by atoms with van der Waals surface area (Å²) in [6.45, 7) is 5.06. The van der Waals surface area contributed by atoms with Crippen molar-refractivity contribution in [3.8, 4) is 28.0 Å². The Labute approximate surface area is 205 Å². The molecule has 0 aliphatic carbocycles. The molecule has 9 nitrogen and oxygen atoms in total. The zero-order chi connectivity index (χ0) is 25.0. The van der Waals surface area contributed by atoms with Crippen LogP contribution >= 0.6 is 0 Å². The van der Waals surface area contributed by atoms with E-state index in [1.807, 2.05) is 30.3 Å². The van der Waals surface area contributed by atoms with Gasteiger partial charge in [-0.15, -0.1) is 0 Å². The highest BCUT2D eigenvalue weighted by Gasteiger charge is 2.16. The summed E-state index contributed by atoms with van der Waals surface area (Å²) >= 11 is 0. The molecule has 2 aromatic heterocycles. The molecule has 186 valence electrons. The van der Waals surface area contributed by atoms with E-state index in [1.54, 1.807) is 25.5 Å². The predicted molar refractivity (Wildman–Crippen MR) is 136 cm³/mol. The number of pyridine rings is 2. The number of benzene rings is 1. The zero-order valence-corrected chi connectivity index (χ0v) is 20.3. The van der Waals surface area contributed by atoms with E-state index in [4.69, 9.17) is 25.7 Å². The number of nitrogens with two attached hydrogens (primary N) is 2. The molecule has 35 heavy (non-hydrogen) atoms. The summed E-state index contributed by atoms with van der Waals surface area (Å²) in [4.78, 5) is 20.5. The maximum atomic E-state index is 11.8. The monoisotopic (exact) mass is 479 g/mol. The number of ether oxygens (including phenoxy) is 3. The summed E-state index contributed by atoms with van der Waals surface area (Å²) < 4.78 is 16.5. The SMILES string of the molecule is CCc1c(-c2ccc(C(=O)NC)nc2)cnc(N)c1-c1ccc(OCCOCCOCCN)cc1. The Hall–Kier alpha value is -3.53. The van der Waals surface area contributed by atoms with Gasteiger partial charge in [0.05, 0.1) is 26.4 Å². The third-order valence-electron chi connectivity index (χ3n) is 5.38. The molecule has 0 saturated carbocycles. The molecule has 9 heteroatoms. The Morgan fingerprint density at radius 3 is 2.23 bits per heavy atom. The summed E-state index contributed by atoms with van der Waals surface area (Å²) in [6.07, 6.45) is 4.19. The van der Waals surface area contributed by atoms with Gasteiger partial charge in [-0.1, -0.05) is 25.1 Å². The van der Waals surface area contributed by atoms with E-state index >= 15 is 0 Å². The highest BCUT2D eigenvalue weighted by Crippen LogP contribution is 2.36. The molecule has 0 atom stereocenters. The lowest BCUT2D eigenvalue weighted by molar-refractivity contribution is 0.0388. The molecular weight excluding hydrogens is 446 g/mol. The van der Waals surface area contributed by atoms with Gasteiger partial charge in [-0.3, -0.25) is 9.78 Å². The van der Waals surface area contributed by atoms with Crippen LogP contribution < -0.4 is 21.5 Å². The van der Waals surface area contributed by atoms with Gasteiger partial charge in [0.2, 0.25) is 0 Å². The average Bonchev–Trinajstić information content (AvgIpc) is 2.90. The topological polar surface area (TPSA) is 135 Å². The molecule has 3 aromatic rings. The molecule has 0 spiro atoms. The van der Waals surface area contributed by atoms with Gasteiger partial charge in [-0.2, -0.15) is 0 Å². The molecule has 2 heterocycles. The maximum absolute atomic E-state index is 11.8. The van der Waals surface area contributed by atoms with Gasteiger partial charge in [0, 0.05) is 42.7 Å². The zero-order valence-electron chi connectivity index (χ0n) is 20.3. The highest BCUT2D eigenvalue weighted by molar-refractivity contribution is 5.92. The van der Waals surface area contributed by atoms with E-state index in [9.17, 15) is 4.79 Å². The van der Waals surface area contributed by atoms with Crippen LogP contribution in [0.4, 0.5) is 5.82 Å². The Morgan fingerprint density at radius 2 is 1.60 bits per heavy atom. The number of anilines is 1. The molecule has 0 radical (unpaired) electrons. The number of rotatable bonds is 13. The number of carbonyl (C=O) groups excluding carboxylic acids is 1. The van der Waals surface area contributed by atoms with E-state index in [0.717, 1.165) is 40.0 Å². The normalized spacial score (nSPS) is 10.8. The molecule has 1 aromatic carbocycles. The van der Waals surface area contributed by atoms with Crippen LogP contribution in [0.5, 0.6) is 5.75 Å². The van der Waals surface area contributed by atoms with Crippen molar-refractivity contribution < 1.29 is 19.0 Å². The van der Waals surface area contributed by atoms with Crippen molar-refractivity contribution in [1.29, 1.82) is 0 Å². The van der Waals surface area contributed by atoms with Gasteiger partial charge in [0.1, 0.15) is 23.9 Å². The van der Waals surface area contributed by atoms with Gasteiger partial charge in [0.25, 0.3) is 5.91 Å². The van der Waals surface area contributed by atoms with Crippen LogP contribution in [0.3, 0.4) is 0 Å². The standard InChI is InChI=1S/C26H33N5O4/c1-3-21-22(19-6-9-23(30-16-19)26(32)29-2)17-31-25(28)24(21)18-4-7-20(8-5-18)35-15-14-34-13-12-33-11-10-27/h4-9,16-17H,3,10-15,27H2,1-2H3,(H2,28,31)(H,29,32). The molecular formula is C26H33N5O4. The average molecular weight is 480 g/mol. The van der Waals surface area contributed by atoms with Crippen molar-refractivity contribution in [1.82, 2.24) is 15.3 Å². The molecule has 5 N–H and O–H groups in total. The minimum absolute atomic E-state index is 0.228. The first kappa shape index (κ1) is 26.1. The van der Waals surface area contributed by atoms with Crippen molar-refractivity contribution in [2.75, 3.05) is 52.4 Å². The first-order valence-corrected chi connectivity index (χ1v) is 11.6. The summed E-state index contributed by atoms with van der Waals surface area (Å²) in [5.41, 5.74) is 16.7. The number of aromatic nitrogens is 2. The van der Waals surface area contributed by atoms with Crippen LogP contribution in [0, 0.1) is 0 Å². The van der Waals surface area contributed by atoms with Crippen molar-refractivity contribution in [2.24, 2.45) is 5.73 Å². The first-order valence-electron chi connectivity index (χ1n) is 11.6. The number of nitrogen functional groups attached to an aromatic ring is 1. The first-order chi connectivity index (χ1) is 17.1. The minimum Gasteiger partial charge on any atom is -0.491 e. The fraction of sp³-hybridized carbons (Fsp3) is 0.346. The third kappa shape index (κ3) is 6.98. The summed E-state index contributed by atoms with van der Waals surface area (Å²) in [5, 5.41) is 2.58. The largest absolute Gasteiger partial charge is 0.491 e. The Balaban J connectivity index is 1.71. The van der Waals surface area contributed by atoms with Gasteiger partial charge >= 0.3 is 0 Å². The molecule has 0 aliphatic heterocycles. The Kier molecular flexibility index (Phi) is 9.97. The quantitative estimate of drug-likeness (QED) is 0.319. The van der Waals surface area contributed by atoms with Crippen LogP contribution in [-0.4, -0.2) is 62.5 Å². The smallest absolute Gasteiger partial charge is 0.269 e. The summed E-state index contributed by atoms with van der Waals surface area (Å²) in [7, 11) is 1.58. The van der Waals surface area contributed by atoms with Crippen molar-refractivity contribution in [2.45, 2.75) is 13.3 Å². The second-order valence-corrected chi connectivity index (χ2v) is 7.66. The van der Waals surface area contributed by atoms with Crippen LogP contribution in [0.1, 0.15) is 23.0 Å². The number of nitrogens with one attached hydrogen (secondary N) is 1. The summed E-state index contributed by atoms with van der Waals surface area (Å²) in [6, 6.07) is 11.3. The fourth-order valence-corrected chi connectivity index (χ4v) is 3.66. The number of hydrogen-bond donors (Lipinski definition) is 3. The lowest BCUT2D eigenvalue weighted by atomic mass is 9.92. The number of amides is 1. The van der Waals surface area contributed by atoms with Crippen LogP contribution in [-0.2, 0) is 15.9 Å². The van der Waals surface area contributed by atoms with E-state index in [0.29, 0.717) is 51.1 Å². The number of carbonyl (C=O) groups is 1. The molecule has 0 unspecified atom stereocenters. The number of nitrogens with zero attached hydrogens (tertiary/aromatic N) is 2. The van der Waals surface area contributed by atoms with E-state index < -0.39 is 0 Å². The molecule has 1 amide bonds. The van der Waals surface area contributed by atoms with Crippen LogP contribution in [0.25, 0.3) is 22.3 Å². The van der Waals surface area contributed by atoms with E-state index in [1.165, 1.54) is 0 Å². The van der Waals surface area contributed by atoms with Crippen molar-refractivity contribution >= 4 is 11.7 Å². The maximum Gasteiger partial charge on any atom is 0.269 e. The molecule has 0 bridgehead atoms. The molecule has 0 aliphatic rings. The lowest BCUT2D eigenvalue weighted by Gasteiger charge is -2.16. The van der Waals surface area contributed by atoms with Gasteiger partial charge in [-0.25, -0.2) is 4.98 Å². The fourth-order valence-electron chi connectivity index (χ4n) is 3.66. The highest BCUT2D eigenvalue weighted by atomic mass is 16.5. The third-order valence-corrected chi connectivity index (χ3v) is 5.38. The van der Waals surface area contributed by atoms with E-state index in [-0.39, 0.29) is 5.91 Å². The minimum atomic E-state index is -0.228. The lowest BCUT2D eigenvalue weighted by Crippen LogP contribution is -2.18. The van der Waals surface area contributed by atoms with Gasteiger partial charge < -0.3 is 31.0 Å². The Bertz CT molecular complexity index is 1090. The molecule has 0 fully saturated rings. The van der Waals surface area contributed by atoms with E-state index in [2.05, 4.69) is 22.2 Å². The van der Waals surface area contributed by atoms with Gasteiger partial charge in [0.15, 0.2) is 0 Å². The van der Waals surface area contributed by atoms with Gasteiger partial charge in [-0.05, 0) is 35.7 Å². The summed E-state index contributed by atoms with van der Waals surface area (Å²) in [5.74, 6) is 0.972. The van der Waals surface area contributed by atoms with Crippen LogP contribution in [0.2, 0.25) is 0 Å². The van der Waals surface area contributed by atoms with Crippen molar-refractivity contribution in [3.05, 3.63) is 60.0 Å². The second-order valence-electron chi connectivity index (χ2n) is 7.66. The van der Waals surface area contributed by atoms with Crippen molar-refractivity contribution in [3.63, 3.8) is 0 Å². The molecule has 3 rings (SSSR count). The Morgan fingerprint density at radius 1 is 0.914 bits per heavy atom. The van der Waals surface area contributed by atoms with Crippen LogP contribution in [0.15, 0.2) is 48.8 Å².